The standard InChI is InChI=1S/C26H30ClN7O/c1-32(2)16-9-10-34(14-16)23-12-24(35-4)21(11-20(23)28)30-26-29-13-19(27)25(31-26)18-15-33(3)22-8-6-5-7-17(18)22/h5-8,11-13,15-16H,9-10,14,28H2,1-4H3,(H,29,30,31)/t16-/m1/s1. The Kier molecular flexibility index (Phi) is 6.17. The second kappa shape index (κ2) is 9.28. The van der Waals surface area contributed by atoms with Gasteiger partial charge in [-0.15, -0.1) is 0 Å². The Labute approximate surface area is 210 Å². The van der Waals surface area contributed by atoms with Gasteiger partial charge in [0.05, 0.1) is 41.1 Å². The van der Waals surface area contributed by atoms with E-state index in [0.29, 0.717) is 39.8 Å². The summed E-state index contributed by atoms with van der Waals surface area (Å²) < 4.78 is 7.77. The van der Waals surface area contributed by atoms with E-state index in [4.69, 9.17) is 27.1 Å². The molecule has 0 aliphatic carbocycles. The van der Waals surface area contributed by atoms with Crippen LogP contribution in [-0.4, -0.2) is 59.8 Å². The van der Waals surface area contributed by atoms with Gasteiger partial charge in [0.2, 0.25) is 5.95 Å². The Balaban J connectivity index is 1.47. The second-order valence-corrected chi connectivity index (χ2v) is 9.56. The molecule has 0 amide bonds. The van der Waals surface area contributed by atoms with Crippen LogP contribution in [0.1, 0.15) is 6.42 Å². The van der Waals surface area contributed by atoms with Crippen LogP contribution in [0.5, 0.6) is 5.75 Å². The van der Waals surface area contributed by atoms with Crippen LogP contribution in [0, 0.1) is 0 Å². The summed E-state index contributed by atoms with van der Waals surface area (Å²) in [6, 6.07) is 12.5. The predicted molar refractivity (Wildman–Crippen MR) is 144 cm³/mol. The number of hydrogen-bond donors (Lipinski definition) is 2. The van der Waals surface area contributed by atoms with Crippen LogP contribution >= 0.6 is 11.6 Å². The molecule has 1 fully saturated rings. The van der Waals surface area contributed by atoms with Crippen LogP contribution < -0.4 is 20.7 Å². The number of aromatic nitrogens is 3. The van der Waals surface area contributed by atoms with Crippen molar-refractivity contribution in [1.29, 1.82) is 0 Å². The number of nitrogen functional groups attached to an aromatic ring is 1. The first-order valence-corrected chi connectivity index (χ1v) is 12.0. The fourth-order valence-corrected chi connectivity index (χ4v) is 4.97. The number of benzene rings is 2. The van der Waals surface area contributed by atoms with Crippen molar-refractivity contribution in [2.45, 2.75) is 12.5 Å². The van der Waals surface area contributed by atoms with Gasteiger partial charge in [0.15, 0.2) is 0 Å². The van der Waals surface area contributed by atoms with Crippen molar-refractivity contribution in [2.24, 2.45) is 7.05 Å². The number of rotatable bonds is 6. The quantitative estimate of drug-likeness (QED) is 0.376. The van der Waals surface area contributed by atoms with Gasteiger partial charge in [-0.1, -0.05) is 29.8 Å². The maximum absolute atomic E-state index is 6.54. The molecular weight excluding hydrogens is 462 g/mol. The first-order chi connectivity index (χ1) is 16.9. The van der Waals surface area contributed by atoms with Crippen molar-refractivity contribution in [3.63, 3.8) is 0 Å². The number of anilines is 4. The molecule has 1 aliphatic rings. The lowest BCUT2D eigenvalue weighted by atomic mass is 10.1. The monoisotopic (exact) mass is 491 g/mol. The average Bonchev–Trinajstić information content (AvgIpc) is 3.46. The summed E-state index contributed by atoms with van der Waals surface area (Å²) in [5.41, 5.74) is 11.6. The van der Waals surface area contributed by atoms with Crippen molar-refractivity contribution in [3.05, 3.63) is 53.8 Å². The molecule has 8 nitrogen and oxygen atoms in total. The smallest absolute Gasteiger partial charge is 0.227 e. The number of methoxy groups -OCH3 is 1. The molecule has 5 rings (SSSR count). The Bertz CT molecular complexity index is 1380. The van der Waals surface area contributed by atoms with E-state index >= 15 is 0 Å². The third kappa shape index (κ3) is 4.35. The Hall–Kier alpha value is -3.49. The zero-order valence-corrected chi connectivity index (χ0v) is 21.2. The minimum Gasteiger partial charge on any atom is -0.494 e. The lowest BCUT2D eigenvalue weighted by Crippen LogP contribution is -2.31. The lowest BCUT2D eigenvalue weighted by molar-refractivity contribution is 0.315. The van der Waals surface area contributed by atoms with Gasteiger partial charge in [0.25, 0.3) is 0 Å². The molecule has 0 spiro atoms. The normalized spacial score (nSPS) is 15.8. The van der Waals surface area contributed by atoms with E-state index in [1.54, 1.807) is 13.3 Å². The van der Waals surface area contributed by atoms with Gasteiger partial charge >= 0.3 is 0 Å². The molecule has 0 unspecified atom stereocenters. The highest BCUT2D eigenvalue weighted by Gasteiger charge is 2.26. The van der Waals surface area contributed by atoms with Gasteiger partial charge in [0.1, 0.15) is 5.75 Å². The Morgan fingerprint density at radius 3 is 2.77 bits per heavy atom. The molecule has 0 saturated carbocycles. The summed E-state index contributed by atoms with van der Waals surface area (Å²) in [5.74, 6) is 1.09. The molecule has 1 aliphatic heterocycles. The molecule has 3 N–H and O–H groups in total. The number of nitrogens with two attached hydrogens (primary N) is 1. The van der Waals surface area contributed by atoms with E-state index in [-0.39, 0.29) is 0 Å². The van der Waals surface area contributed by atoms with E-state index in [1.165, 1.54) is 0 Å². The van der Waals surface area contributed by atoms with E-state index in [9.17, 15) is 0 Å². The molecule has 1 atom stereocenters. The highest BCUT2D eigenvalue weighted by atomic mass is 35.5. The first kappa shape index (κ1) is 23.3. The lowest BCUT2D eigenvalue weighted by Gasteiger charge is -2.24. The number of aryl methyl sites for hydroxylation is 1. The maximum atomic E-state index is 6.54. The highest BCUT2D eigenvalue weighted by Crippen LogP contribution is 2.39. The molecule has 2 aromatic carbocycles. The van der Waals surface area contributed by atoms with Crippen LogP contribution in [0.3, 0.4) is 0 Å². The second-order valence-electron chi connectivity index (χ2n) is 9.15. The summed E-state index contributed by atoms with van der Waals surface area (Å²) in [5, 5.41) is 4.84. The first-order valence-electron chi connectivity index (χ1n) is 11.6. The van der Waals surface area contributed by atoms with Crippen molar-refractivity contribution in [3.8, 4) is 17.0 Å². The molecule has 0 bridgehead atoms. The Morgan fingerprint density at radius 1 is 1.23 bits per heavy atom. The van der Waals surface area contributed by atoms with Crippen molar-refractivity contribution < 1.29 is 4.74 Å². The molecule has 1 saturated heterocycles. The highest BCUT2D eigenvalue weighted by molar-refractivity contribution is 6.33. The number of ether oxygens (including phenoxy) is 1. The summed E-state index contributed by atoms with van der Waals surface area (Å²) >= 11 is 6.54. The third-order valence-electron chi connectivity index (χ3n) is 6.73. The van der Waals surface area contributed by atoms with Gasteiger partial charge in [-0.25, -0.2) is 9.97 Å². The molecular formula is C26H30ClN7O. The predicted octanol–water partition coefficient (Wildman–Crippen LogP) is 4.76. The summed E-state index contributed by atoms with van der Waals surface area (Å²) in [6.45, 7) is 1.89. The van der Waals surface area contributed by atoms with E-state index in [2.05, 4.69) is 50.9 Å². The number of nitrogens with zero attached hydrogens (tertiary/aromatic N) is 5. The van der Waals surface area contributed by atoms with Gasteiger partial charge < -0.3 is 30.2 Å². The molecule has 0 radical (unpaired) electrons. The topological polar surface area (TPSA) is 84.5 Å². The van der Waals surface area contributed by atoms with Gasteiger partial charge in [-0.3, -0.25) is 0 Å². The van der Waals surface area contributed by atoms with Crippen LogP contribution in [0.15, 0.2) is 48.8 Å². The zero-order valence-electron chi connectivity index (χ0n) is 20.4. The molecule has 35 heavy (non-hydrogen) atoms. The number of hydrogen-bond acceptors (Lipinski definition) is 7. The largest absolute Gasteiger partial charge is 0.494 e. The summed E-state index contributed by atoms with van der Waals surface area (Å²) in [6.07, 6.45) is 4.75. The minimum atomic E-state index is 0.414. The molecule has 182 valence electrons. The Morgan fingerprint density at radius 2 is 2.03 bits per heavy atom. The van der Waals surface area contributed by atoms with E-state index < -0.39 is 0 Å². The van der Waals surface area contributed by atoms with Gasteiger partial charge in [-0.05, 0) is 32.6 Å². The zero-order chi connectivity index (χ0) is 24.7. The SMILES string of the molecule is COc1cc(N2CC[C@@H](N(C)C)C2)c(N)cc1Nc1ncc(Cl)c(-c2cn(C)c3ccccc23)n1. The van der Waals surface area contributed by atoms with Crippen LogP contribution in [-0.2, 0) is 7.05 Å². The van der Waals surface area contributed by atoms with Gasteiger partial charge in [-0.2, -0.15) is 0 Å². The number of para-hydroxylation sites is 1. The fourth-order valence-electron chi connectivity index (χ4n) is 4.78. The van der Waals surface area contributed by atoms with Crippen LogP contribution in [0.4, 0.5) is 23.0 Å². The number of halogens is 1. The van der Waals surface area contributed by atoms with Crippen LogP contribution in [0.25, 0.3) is 22.2 Å². The van der Waals surface area contributed by atoms with Crippen LogP contribution in [0.2, 0.25) is 5.02 Å². The third-order valence-corrected chi connectivity index (χ3v) is 7.00. The minimum absolute atomic E-state index is 0.414. The molecule has 2 aromatic heterocycles. The van der Waals surface area contributed by atoms with Crippen molar-refractivity contribution in [2.75, 3.05) is 50.2 Å². The molecule has 9 heteroatoms. The maximum Gasteiger partial charge on any atom is 0.227 e. The summed E-state index contributed by atoms with van der Waals surface area (Å²) in [7, 11) is 7.89. The van der Waals surface area contributed by atoms with Crippen molar-refractivity contribution in [1.82, 2.24) is 19.4 Å². The number of fused-ring (bicyclic) bond motifs is 1. The summed E-state index contributed by atoms with van der Waals surface area (Å²) in [4.78, 5) is 13.7. The molecule has 3 heterocycles. The van der Waals surface area contributed by atoms with Crippen molar-refractivity contribution >= 4 is 45.5 Å². The number of nitrogens with one attached hydrogen (secondary N) is 1. The average molecular weight is 492 g/mol. The van der Waals surface area contributed by atoms with Gasteiger partial charge in [0, 0.05) is 54.9 Å². The molecule has 4 aromatic rings. The van der Waals surface area contributed by atoms with E-state index in [1.807, 2.05) is 37.5 Å². The van der Waals surface area contributed by atoms with E-state index in [0.717, 1.165) is 41.7 Å². The fraction of sp³-hybridized carbons (Fsp3) is 0.308. The number of likely N-dealkylation sites (N-methyl/N-ethyl adjacent to an activating group) is 1.